The topological polar surface area (TPSA) is 69.6 Å². The molecule has 350 valence electrons. The summed E-state index contributed by atoms with van der Waals surface area (Å²) in [5.41, 5.74) is 0. The van der Waals surface area contributed by atoms with Gasteiger partial charge in [-0.05, 0) is 64.2 Å². The minimum absolute atomic E-state index is 0.0909. The van der Waals surface area contributed by atoms with Gasteiger partial charge in [0.15, 0.2) is 0 Å². The van der Waals surface area contributed by atoms with Crippen molar-refractivity contribution in [2.45, 2.75) is 283 Å². The van der Waals surface area contributed by atoms with Crippen LogP contribution in [0.4, 0.5) is 0 Å². The zero-order chi connectivity index (χ0) is 43.5. The van der Waals surface area contributed by atoms with E-state index in [9.17, 15) is 15.0 Å². The molecule has 4 nitrogen and oxygen atoms in total. The highest BCUT2D eigenvalue weighted by Gasteiger charge is 2.17. The van der Waals surface area contributed by atoms with Gasteiger partial charge in [-0.15, -0.1) is 0 Å². The van der Waals surface area contributed by atoms with Gasteiger partial charge in [-0.2, -0.15) is 0 Å². The minimum Gasteiger partial charge on any atom is -0.394 e. The summed E-state index contributed by atoms with van der Waals surface area (Å²) in [6, 6.07) is -0.651. The summed E-state index contributed by atoms with van der Waals surface area (Å²) in [5.74, 6) is -0.0909. The van der Waals surface area contributed by atoms with E-state index >= 15 is 0 Å². The van der Waals surface area contributed by atoms with Gasteiger partial charge in [0.05, 0.1) is 18.8 Å². The summed E-state index contributed by atoms with van der Waals surface area (Å²) < 4.78 is 0. The molecule has 0 bridgehead atoms. The van der Waals surface area contributed by atoms with E-state index in [1.54, 1.807) is 6.08 Å². The van der Waals surface area contributed by atoms with Crippen molar-refractivity contribution in [3.05, 3.63) is 60.8 Å². The maximum absolute atomic E-state index is 12.4. The van der Waals surface area contributed by atoms with Gasteiger partial charge in [-0.3, -0.25) is 4.79 Å². The Kier molecular flexibility index (Phi) is 49.8. The summed E-state index contributed by atoms with van der Waals surface area (Å²) in [6.45, 7) is 4.19. The van der Waals surface area contributed by atoms with Crippen LogP contribution in [0, 0.1) is 0 Å². The van der Waals surface area contributed by atoms with Crippen LogP contribution >= 0.6 is 0 Å². The Labute approximate surface area is 375 Å². The van der Waals surface area contributed by atoms with Crippen LogP contribution < -0.4 is 5.32 Å². The maximum Gasteiger partial charge on any atom is 0.220 e. The van der Waals surface area contributed by atoms with E-state index in [1.807, 2.05) is 6.08 Å². The molecule has 3 N–H and O–H groups in total. The lowest BCUT2D eigenvalue weighted by atomic mass is 10.0. The molecule has 0 aliphatic carbocycles. The van der Waals surface area contributed by atoms with Crippen molar-refractivity contribution < 1.29 is 15.0 Å². The number of rotatable bonds is 48. The molecular weight excluding hydrogens is 735 g/mol. The molecule has 2 atom stereocenters. The normalized spacial score (nSPS) is 13.3. The SMILES string of the molecule is CC/C=C\C/C=C\C/C=C\CCCCCCCC(=O)NC(CO)C(O)/C=C/CC/C=C/CCCCCCCCCCCCCCCCCCCCCCCCCCCCC. The van der Waals surface area contributed by atoms with E-state index in [0.29, 0.717) is 6.42 Å². The van der Waals surface area contributed by atoms with Gasteiger partial charge in [0, 0.05) is 6.42 Å². The van der Waals surface area contributed by atoms with Crippen molar-refractivity contribution in [1.29, 1.82) is 0 Å². The molecule has 0 aliphatic rings. The van der Waals surface area contributed by atoms with Crippen LogP contribution in [-0.4, -0.2) is 34.9 Å². The second kappa shape index (κ2) is 51.4. The minimum atomic E-state index is -0.872. The van der Waals surface area contributed by atoms with Gasteiger partial charge in [0.1, 0.15) is 0 Å². The van der Waals surface area contributed by atoms with Gasteiger partial charge < -0.3 is 15.5 Å². The van der Waals surface area contributed by atoms with Crippen molar-refractivity contribution in [3.63, 3.8) is 0 Å². The first kappa shape index (κ1) is 58.1. The lowest BCUT2D eigenvalue weighted by Gasteiger charge is -2.19. The van der Waals surface area contributed by atoms with Crippen LogP contribution in [0.25, 0.3) is 0 Å². The Bertz CT molecular complexity index is 996. The Morgan fingerprint density at radius 2 is 0.750 bits per heavy atom. The van der Waals surface area contributed by atoms with E-state index in [-0.39, 0.29) is 12.5 Å². The second-order valence-electron chi connectivity index (χ2n) is 17.9. The molecule has 0 fully saturated rings. The summed E-state index contributed by atoms with van der Waals surface area (Å²) in [4.78, 5) is 12.4. The Hall–Kier alpha value is -1.91. The Morgan fingerprint density at radius 3 is 1.17 bits per heavy atom. The third-order valence-corrected chi connectivity index (χ3v) is 12.0. The fourth-order valence-electron chi connectivity index (χ4n) is 7.98. The molecule has 60 heavy (non-hydrogen) atoms. The van der Waals surface area contributed by atoms with Crippen LogP contribution in [-0.2, 0) is 4.79 Å². The molecular formula is C56H103NO3. The van der Waals surface area contributed by atoms with Crippen molar-refractivity contribution >= 4 is 5.91 Å². The molecule has 0 rings (SSSR count). The summed E-state index contributed by atoms with van der Waals surface area (Å²) in [7, 11) is 0. The molecule has 0 aromatic carbocycles. The second-order valence-corrected chi connectivity index (χ2v) is 17.9. The van der Waals surface area contributed by atoms with Gasteiger partial charge in [-0.25, -0.2) is 0 Å². The standard InChI is InChI=1S/C56H103NO3/c1-3-5-7-9-11-13-15-17-19-20-21-22-23-24-25-26-27-28-29-30-31-32-33-34-35-36-38-39-41-43-45-47-49-51-55(59)54(53-58)57-56(60)52-50-48-46-44-42-40-37-18-16-14-12-10-8-6-4-2/h6,8,12,14,18,37,41,43,49,51,54-55,58-59H,3-5,7,9-11,13,15-17,19-36,38-40,42,44-48,50,52-53H2,1-2H3,(H,57,60)/b8-6-,14-12-,37-18-,43-41+,51-49+. The zero-order valence-electron chi connectivity index (χ0n) is 40.2. The average molecular weight is 838 g/mol. The number of aliphatic hydroxyl groups is 2. The molecule has 0 aromatic rings. The smallest absolute Gasteiger partial charge is 0.220 e. The number of unbranched alkanes of at least 4 members (excludes halogenated alkanes) is 33. The molecule has 0 radical (unpaired) electrons. The van der Waals surface area contributed by atoms with E-state index < -0.39 is 12.1 Å². The number of hydrogen-bond acceptors (Lipinski definition) is 3. The first-order valence-corrected chi connectivity index (χ1v) is 26.5. The van der Waals surface area contributed by atoms with Crippen LogP contribution in [0.3, 0.4) is 0 Å². The highest BCUT2D eigenvalue weighted by Crippen LogP contribution is 2.17. The first-order valence-electron chi connectivity index (χ1n) is 26.5. The van der Waals surface area contributed by atoms with E-state index in [4.69, 9.17) is 0 Å². The Morgan fingerprint density at radius 1 is 0.417 bits per heavy atom. The number of carbonyl (C=O) groups excluding carboxylic acids is 1. The fourth-order valence-corrected chi connectivity index (χ4v) is 7.98. The van der Waals surface area contributed by atoms with Crippen molar-refractivity contribution in [1.82, 2.24) is 5.32 Å². The molecule has 0 spiro atoms. The Balaban J connectivity index is 3.50. The summed E-state index contributed by atoms with van der Waals surface area (Å²) in [6.07, 6.45) is 72.5. The molecule has 1 amide bonds. The monoisotopic (exact) mass is 838 g/mol. The summed E-state index contributed by atoms with van der Waals surface area (Å²) >= 11 is 0. The number of nitrogens with one attached hydrogen (secondary N) is 1. The zero-order valence-corrected chi connectivity index (χ0v) is 40.2. The molecule has 4 heteroatoms. The predicted molar refractivity (Wildman–Crippen MR) is 267 cm³/mol. The number of aliphatic hydroxyl groups excluding tert-OH is 2. The number of hydrogen-bond donors (Lipinski definition) is 3. The van der Waals surface area contributed by atoms with Crippen LogP contribution in [0.5, 0.6) is 0 Å². The van der Waals surface area contributed by atoms with Crippen LogP contribution in [0.15, 0.2) is 60.8 Å². The van der Waals surface area contributed by atoms with Crippen molar-refractivity contribution in [2.75, 3.05) is 6.61 Å². The predicted octanol–water partition coefficient (Wildman–Crippen LogP) is 17.2. The van der Waals surface area contributed by atoms with E-state index in [0.717, 1.165) is 64.2 Å². The highest BCUT2D eigenvalue weighted by atomic mass is 16.3. The van der Waals surface area contributed by atoms with Gasteiger partial charge in [0.25, 0.3) is 0 Å². The van der Waals surface area contributed by atoms with Gasteiger partial charge in [-0.1, -0.05) is 261 Å². The third-order valence-electron chi connectivity index (χ3n) is 12.0. The number of carbonyl (C=O) groups is 1. The largest absolute Gasteiger partial charge is 0.394 e. The van der Waals surface area contributed by atoms with Gasteiger partial charge in [0.2, 0.25) is 5.91 Å². The molecule has 0 heterocycles. The molecule has 0 saturated carbocycles. The highest BCUT2D eigenvalue weighted by molar-refractivity contribution is 5.76. The van der Waals surface area contributed by atoms with Crippen molar-refractivity contribution in [3.8, 4) is 0 Å². The first-order chi connectivity index (χ1) is 29.7. The van der Waals surface area contributed by atoms with E-state index in [1.165, 1.54) is 186 Å². The molecule has 0 aliphatic heterocycles. The van der Waals surface area contributed by atoms with Crippen LogP contribution in [0.1, 0.15) is 271 Å². The lowest BCUT2D eigenvalue weighted by Crippen LogP contribution is -2.45. The average Bonchev–Trinajstić information content (AvgIpc) is 3.25. The third kappa shape index (κ3) is 47.1. The number of amides is 1. The number of allylic oxidation sites excluding steroid dienone is 9. The lowest BCUT2D eigenvalue weighted by molar-refractivity contribution is -0.123. The molecule has 2 unspecified atom stereocenters. The van der Waals surface area contributed by atoms with Crippen molar-refractivity contribution in [2.24, 2.45) is 0 Å². The quantitative estimate of drug-likeness (QED) is 0.0422. The maximum atomic E-state index is 12.4. The van der Waals surface area contributed by atoms with Gasteiger partial charge >= 0.3 is 0 Å². The molecule has 0 aromatic heterocycles. The molecule has 0 saturated heterocycles. The van der Waals surface area contributed by atoms with Crippen LogP contribution in [0.2, 0.25) is 0 Å². The van der Waals surface area contributed by atoms with E-state index in [2.05, 4.69) is 67.8 Å². The summed E-state index contributed by atoms with van der Waals surface area (Å²) in [5, 5.41) is 23.0. The fraction of sp³-hybridized carbons (Fsp3) is 0.804.